The molecule has 0 fully saturated rings. The zero-order chi connectivity index (χ0) is 6.41. The Kier molecular flexibility index (Phi) is 4.67. The van der Waals surface area contributed by atoms with Crippen LogP contribution < -0.4 is 0 Å². The van der Waals surface area contributed by atoms with Gasteiger partial charge < -0.3 is 0 Å². The SMILES string of the molecule is C/C=C/C(C)CC[O]. The first kappa shape index (κ1) is 7.70. The van der Waals surface area contributed by atoms with Gasteiger partial charge in [-0.25, -0.2) is 5.11 Å². The van der Waals surface area contributed by atoms with Crippen molar-refractivity contribution in [1.29, 1.82) is 0 Å². The van der Waals surface area contributed by atoms with E-state index in [2.05, 4.69) is 13.0 Å². The molecule has 1 nitrogen and oxygen atoms in total. The van der Waals surface area contributed by atoms with E-state index in [0.717, 1.165) is 6.42 Å². The van der Waals surface area contributed by atoms with Crippen molar-refractivity contribution in [2.75, 3.05) is 6.61 Å². The molecule has 0 saturated carbocycles. The molecule has 0 amide bonds. The lowest BCUT2D eigenvalue weighted by molar-refractivity contribution is 0.180. The maximum atomic E-state index is 9.98. The van der Waals surface area contributed by atoms with Gasteiger partial charge in [0, 0.05) is 0 Å². The highest BCUT2D eigenvalue weighted by Crippen LogP contribution is 2.01. The summed E-state index contributed by atoms with van der Waals surface area (Å²) in [6.07, 6.45) is 4.81. The second-order valence-corrected chi connectivity index (χ2v) is 2.00. The highest BCUT2D eigenvalue weighted by Gasteiger charge is 1.92. The lowest BCUT2D eigenvalue weighted by Gasteiger charge is -1.98. The van der Waals surface area contributed by atoms with E-state index in [1.165, 1.54) is 0 Å². The molecule has 0 aliphatic heterocycles. The summed E-state index contributed by atoms with van der Waals surface area (Å²) in [4.78, 5) is 0. The molecular weight excluding hydrogens is 100 g/mol. The zero-order valence-corrected chi connectivity index (χ0v) is 5.55. The summed E-state index contributed by atoms with van der Waals surface area (Å²) in [6, 6.07) is 0. The molecular formula is C7H13O. The standard InChI is InChI=1S/C7H13O/c1-3-4-7(2)5-6-8/h3-4,7H,5-6H2,1-2H3/b4-3+. The van der Waals surface area contributed by atoms with Gasteiger partial charge in [0.25, 0.3) is 0 Å². The first-order valence-corrected chi connectivity index (χ1v) is 3.02. The Balaban J connectivity index is 3.17. The molecule has 0 aromatic rings. The van der Waals surface area contributed by atoms with Gasteiger partial charge in [0.2, 0.25) is 0 Å². The molecule has 1 unspecified atom stereocenters. The van der Waals surface area contributed by atoms with E-state index in [-0.39, 0.29) is 6.61 Å². The molecule has 0 N–H and O–H groups in total. The van der Waals surface area contributed by atoms with Crippen LogP contribution in [-0.2, 0) is 5.11 Å². The molecule has 0 aromatic heterocycles. The summed E-state index contributed by atoms with van der Waals surface area (Å²) in [6.45, 7) is 4.07. The van der Waals surface area contributed by atoms with Gasteiger partial charge in [-0.2, -0.15) is 0 Å². The number of hydrogen-bond acceptors (Lipinski definition) is 0. The minimum Gasteiger partial charge on any atom is -0.237 e. The van der Waals surface area contributed by atoms with Gasteiger partial charge in [-0.3, -0.25) is 0 Å². The van der Waals surface area contributed by atoms with Crippen molar-refractivity contribution in [3.8, 4) is 0 Å². The normalized spacial score (nSPS) is 14.9. The predicted molar refractivity (Wildman–Crippen MR) is 34.1 cm³/mol. The Morgan fingerprint density at radius 2 is 2.25 bits per heavy atom. The molecule has 1 heteroatoms. The summed E-state index contributed by atoms with van der Waals surface area (Å²) < 4.78 is 0. The number of rotatable bonds is 3. The fraction of sp³-hybridized carbons (Fsp3) is 0.714. The highest BCUT2D eigenvalue weighted by molar-refractivity contribution is 4.82. The van der Waals surface area contributed by atoms with Gasteiger partial charge in [0.15, 0.2) is 0 Å². The van der Waals surface area contributed by atoms with Crippen LogP contribution in [0.4, 0.5) is 0 Å². The van der Waals surface area contributed by atoms with E-state index in [1.807, 2.05) is 13.0 Å². The van der Waals surface area contributed by atoms with Crippen molar-refractivity contribution < 1.29 is 5.11 Å². The molecule has 0 aliphatic rings. The van der Waals surface area contributed by atoms with E-state index >= 15 is 0 Å². The average Bonchev–Trinajstić information content (AvgIpc) is 1.68. The third kappa shape index (κ3) is 3.88. The zero-order valence-electron chi connectivity index (χ0n) is 5.55. The molecule has 0 rings (SSSR count). The maximum Gasteiger partial charge on any atom is 0.0827 e. The molecule has 0 aliphatic carbocycles. The van der Waals surface area contributed by atoms with Gasteiger partial charge in [-0.05, 0) is 19.3 Å². The summed E-state index contributed by atoms with van der Waals surface area (Å²) in [7, 11) is 0. The van der Waals surface area contributed by atoms with Crippen molar-refractivity contribution in [3.05, 3.63) is 12.2 Å². The highest BCUT2D eigenvalue weighted by atomic mass is 16.2. The van der Waals surface area contributed by atoms with E-state index in [0.29, 0.717) is 5.92 Å². The van der Waals surface area contributed by atoms with E-state index in [9.17, 15) is 5.11 Å². The molecule has 1 radical (unpaired) electrons. The molecule has 0 heterocycles. The molecule has 47 valence electrons. The molecule has 0 bridgehead atoms. The van der Waals surface area contributed by atoms with E-state index in [1.54, 1.807) is 0 Å². The average molecular weight is 113 g/mol. The largest absolute Gasteiger partial charge is 0.237 e. The van der Waals surface area contributed by atoms with Gasteiger partial charge in [-0.15, -0.1) is 0 Å². The number of allylic oxidation sites excluding steroid dienone is 2. The Morgan fingerprint density at radius 3 is 2.62 bits per heavy atom. The van der Waals surface area contributed by atoms with E-state index in [4.69, 9.17) is 0 Å². The molecule has 8 heavy (non-hydrogen) atoms. The first-order valence-electron chi connectivity index (χ1n) is 3.02. The summed E-state index contributed by atoms with van der Waals surface area (Å²) in [5, 5.41) is 9.98. The second kappa shape index (κ2) is 4.85. The lowest BCUT2D eigenvalue weighted by atomic mass is 10.1. The topological polar surface area (TPSA) is 19.9 Å². The third-order valence-corrected chi connectivity index (χ3v) is 1.09. The minimum absolute atomic E-state index is 0.0471. The van der Waals surface area contributed by atoms with Crippen molar-refractivity contribution >= 4 is 0 Å². The van der Waals surface area contributed by atoms with Crippen LogP contribution in [0, 0.1) is 5.92 Å². The Morgan fingerprint density at radius 1 is 1.62 bits per heavy atom. The van der Waals surface area contributed by atoms with Crippen molar-refractivity contribution in [2.45, 2.75) is 20.3 Å². The maximum absolute atomic E-state index is 9.98. The summed E-state index contributed by atoms with van der Waals surface area (Å²) in [5.74, 6) is 0.470. The van der Waals surface area contributed by atoms with Crippen molar-refractivity contribution in [1.82, 2.24) is 0 Å². The smallest absolute Gasteiger partial charge is 0.0827 e. The quantitative estimate of drug-likeness (QED) is 0.499. The Bertz CT molecular complexity index is 66.8. The van der Waals surface area contributed by atoms with Crippen molar-refractivity contribution in [2.24, 2.45) is 5.92 Å². The van der Waals surface area contributed by atoms with Crippen LogP contribution in [0.2, 0.25) is 0 Å². The van der Waals surface area contributed by atoms with Crippen LogP contribution in [0.1, 0.15) is 20.3 Å². The summed E-state index contributed by atoms with van der Waals surface area (Å²) >= 11 is 0. The third-order valence-electron chi connectivity index (χ3n) is 1.09. The first-order chi connectivity index (χ1) is 3.81. The van der Waals surface area contributed by atoms with Crippen molar-refractivity contribution in [3.63, 3.8) is 0 Å². The van der Waals surface area contributed by atoms with Crippen LogP contribution in [0.3, 0.4) is 0 Å². The molecule has 0 saturated heterocycles. The van der Waals surface area contributed by atoms with Gasteiger partial charge >= 0.3 is 0 Å². The Labute approximate surface area is 51.0 Å². The van der Waals surface area contributed by atoms with Gasteiger partial charge in [0.05, 0.1) is 6.61 Å². The van der Waals surface area contributed by atoms with Gasteiger partial charge in [0.1, 0.15) is 0 Å². The van der Waals surface area contributed by atoms with Crippen LogP contribution in [-0.4, -0.2) is 6.61 Å². The molecule has 1 atom stereocenters. The Hall–Kier alpha value is -0.300. The summed E-state index contributed by atoms with van der Waals surface area (Å²) in [5.41, 5.74) is 0. The van der Waals surface area contributed by atoms with Crippen LogP contribution in [0.25, 0.3) is 0 Å². The van der Waals surface area contributed by atoms with Crippen LogP contribution in [0.15, 0.2) is 12.2 Å². The fourth-order valence-electron chi connectivity index (χ4n) is 0.611. The van der Waals surface area contributed by atoms with Crippen LogP contribution >= 0.6 is 0 Å². The molecule has 0 aromatic carbocycles. The van der Waals surface area contributed by atoms with Gasteiger partial charge in [-0.1, -0.05) is 19.1 Å². The molecule has 0 spiro atoms. The second-order valence-electron chi connectivity index (χ2n) is 2.00. The lowest BCUT2D eigenvalue weighted by Crippen LogP contribution is -1.91. The predicted octanol–water partition coefficient (Wildman–Crippen LogP) is 2.02. The minimum atomic E-state index is 0.0471. The monoisotopic (exact) mass is 113 g/mol. The fourth-order valence-corrected chi connectivity index (χ4v) is 0.611. The van der Waals surface area contributed by atoms with Crippen LogP contribution in [0.5, 0.6) is 0 Å². The van der Waals surface area contributed by atoms with E-state index < -0.39 is 0 Å². The number of hydrogen-bond donors (Lipinski definition) is 0.